The molecule has 1 aromatic rings. The highest BCUT2D eigenvalue weighted by molar-refractivity contribution is 5.79. The minimum Gasteiger partial charge on any atom is -0.464 e. The van der Waals surface area contributed by atoms with Crippen LogP contribution in [0.1, 0.15) is 64.0 Å². The van der Waals surface area contributed by atoms with Crippen molar-refractivity contribution in [2.45, 2.75) is 65.0 Å². The van der Waals surface area contributed by atoms with E-state index in [-0.39, 0.29) is 12.0 Å². The number of carbonyl (C=O) groups is 1. The molecule has 128 valence electrons. The smallest absolute Gasteiger partial charge is 0.226 e. The molecule has 2 aliphatic heterocycles. The highest BCUT2D eigenvalue weighted by Gasteiger charge is 2.37. The number of likely N-dealkylation sites (tertiary alicyclic amines) is 1. The fraction of sp³-hybridized carbons (Fsp3) is 0.737. The molecule has 0 aliphatic carbocycles. The molecule has 0 saturated carbocycles. The molecule has 2 saturated heterocycles. The number of aryl methyl sites for hydroxylation is 1. The standard InChI is InChI=1S/C19H30N2O2/c1-4-16-5-6-18(23-16)17-11-13(2)8-10-21(17)19(22)15-7-9-20-14(3)12-15/h5-6,13-15,17,20H,4,7-12H2,1-3H3/t13?,14-,15-,17?/m0/s1. The molecule has 4 nitrogen and oxygen atoms in total. The molecule has 2 aliphatic rings. The van der Waals surface area contributed by atoms with Crippen LogP contribution in [0.5, 0.6) is 0 Å². The number of hydrogen-bond donors (Lipinski definition) is 1. The van der Waals surface area contributed by atoms with Crippen LogP contribution in [-0.2, 0) is 11.2 Å². The Morgan fingerprint density at radius 1 is 1.30 bits per heavy atom. The summed E-state index contributed by atoms with van der Waals surface area (Å²) < 4.78 is 6.00. The number of nitrogens with one attached hydrogen (secondary N) is 1. The van der Waals surface area contributed by atoms with Crippen LogP contribution in [0.3, 0.4) is 0 Å². The molecule has 0 bridgehead atoms. The van der Waals surface area contributed by atoms with E-state index in [1.165, 1.54) is 0 Å². The zero-order valence-electron chi connectivity index (χ0n) is 14.7. The number of hydrogen-bond acceptors (Lipinski definition) is 3. The Kier molecular flexibility index (Phi) is 5.10. The fourth-order valence-corrected chi connectivity index (χ4v) is 4.03. The Morgan fingerprint density at radius 3 is 2.83 bits per heavy atom. The van der Waals surface area contributed by atoms with Gasteiger partial charge in [0.1, 0.15) is 11.5 Å². The van der Waals surface area contributed by atoms with Crippen LogP contribution in [0.25, 0.3) is 0 Å². The number of piperidine rings is 2. The van der Waals surface area contributed by atoms with E-state index >= 15 is 0 Å². The molecule has 2 fully saturated rings. The Balaban J connectivity index is 1.78. The average Bonchev–Trinajstić information content (AvgIpc) is 3.03. The van der Waals surface area contributed by atoms with Crippen molar-refractivity contribution >= 4 is 5.91 Å². The van der Waals surface area contributed by atoms with Crippen molar-refractivity contribution < 1.29 is 9.21 Å². The van der Waals surface area contributed by atoms with E-state index in [0.29, 0.717) is 17.9 Å². The van der Waals surface area contributed by atoms with E-state index in [4.69, 9.17) is 4.42 Å². The molecule has 4 heteroatoms. The summed E-state index contributed by atoms with van der Waals surface area (Å²) in [5.74, 6) is 3.14. The number of rotatable bonds is 3. The molecular weight excluding hydrogens is 288 g/mol. The maximum absolute atomic E-state index is 13.1. The van der Waals surface area contributed by atoms with Gasteiger partial charge in [-0.3, -0.25) is 4.79 Å². The second kappa shape index (κ2) is 7.08. The van der Waals surface area contributed by atoms with Crippen molar-refractivity contribution in [3.63, 3.8) is 0 Å². The number of carbonyl (C=O) groups excluding carboxylic acids is 1. The lowest BCUT2D eigenvalue weighted by molar-refractivity contribution is -0.142. The molecular formula is C19H30N2O2. The summed E-state index contributed by atoms with van der Waals surface area (Å²) in [6.07, 6.45) is 4.94. The molecule has 1 N–H and O–H groups in total. The molecule has 23 heavy (non-hydrogen) atoms. The van der Waals surface area contributed by atoms with Gasteiger partial charge in [-0.2, -0.15) is 0 Å². The summed E-state index contributed by atoms with van der Waals surface area (Å²) in [5.41, 5.74) is 0. The minimum atomic E-state index is 0.122. The average molecular weight is 318 g/mol. The third kappa shape index (κ3) is 3.63. The molecule has 3 heterocycles. The maximum Gasteiger partial charge on any atom is 0.226 e. The van der Waals surface area contributed by atoms with E-state index in [2.05, 4.69) is 43.1 Å². The van der Waals surface area contributed by atoms with Gasteiger partial charge < -0.3 is 14.6 Å². The first-order chi connectivity index (χ1) is 11.1. The van der Waals surface area contributed by atoms with Crippen LogP contribution in [0.4, 0.5) is 0 Å². The van der Waals surface area contributed by atoms with Gasteiger partial charge >= 0.3 is 0 Å². The summed E-state index contributed by atoms with van der Waals surface area (Å²) in [4.78, 5) is 15.2. The van der Waals surface area contributed by atoms with Crippen molar-refractivity contribution in [2.24, 2.45) is 11.8 Å². The molecule has 0 aromatic carbocycles. The summed E-state index contributed by atoms with van der Waals surface area (Å²) >= 11 is 0. The zero-order valence-corrected chi connectivity index (χ0v) is 14.7. The summed E-state index contributed by atoms with van der Waals surface area (Å²) in [7, 11) is 0. The summed E-state index contributed by atoms with van der Waals surface area (Å²) in [6.45, 7) is 8.38. The van der Waals surface area contributed by atoms with E-state index in [1.807, 2.05) is 0 Å². The Hall–Kier alpha value is -1.29. The van der Waals surface area contributed by atoms with Crippen LogP contribution in [0, 0.1) is 11.8 Å². The van der Waals surface area contributed by atoms with Crippen molar-refractivity contribution in [3.8, 4) is 0 Å². The molecule has 0 radical (unpaired) electrons. The van der Waals surface area contributed by atoms with Crippen molar-refractivity contribution in [3.05, 3.63) is 23.7 Å². The number of amides is 1. The van der Waals surface area contributed by atoms with Crippen molar-refractivity contribution in [2.75, 3.05) is 13.1 Å². The minimum absolute atomic E-state index is 0.122. The second-order valence-corrected chi connectivity index (χ2v) is 7.41. The second-order valence-electron chi connectivity index (χ2n) is 7.41. The predicted molar refractivity (Wildman–Crippen MR) is 91.1 cm³/mol. The van der Waals surface area contributed by atoms with Gasteiger partial charge in [0.05, 0.1) is 6.04 Å². The van der Waals surface area contributed by atoms with E-state index in [9.17, 15) is 4.79 Å². The van der Waals surface area contributed by atoms with Gasteiger partial charge in [-0.05, 0) is 57.2 Å². The zero-order chi connectivity index (χ0) is 16.4. The quantitative estimate of drug-likeness (QED) is 0.927. The van der Waals surface area contributed by atoms with Gasteiger partial charge in [-0.1, -0.05) is 13.8 Å². The lowest BCUT2D eigenvalue weighted by Gasteiger charge is -2.40. The van der Waals surface area contributed by atoms with Gasteiger partial charge in [0.15, 0.2) is 0 Å². The van der Waals surface area contributed by atoms with E-state index < -0.39 is 0 Å². The number of nitrogens with zero attached hydrogens (tertiary/aromatic N) is 1. The molecule has 0 spiro atoms. The lowest BCUT2D eigenvalue weighted by Crippen LogP contribution is -2.47. The van der Waals surface area contributed by atoms with Gasteiger partial charge in [-0.25, -0.2) is 0 Å². The van der Waals surface area contributed by atoms with E-state index in [0.717, 1.165) is 56.7 Å². The summed E-state index contributed by atoms with van der Waals surface area (Å²) in [5, 5.41) is 3.44. The van der Waals surface area contributed by atoms with Crippen LogP contribution in [0.2, 0.25) is 0 Å². The Bertz CT molecular complexity index is 539. The van der Waals surface area contributed by atoms with Crippen LogP contribution in [-0.4, -0.2) is 29.9 Å². The van der Waals surface area contributed by atoms with Gasteiger partial charge in [-0.15, -0.1) is 0 Å². The largest absolute Gasteiger partial charge is 0.464 e. The Morgan fingerprint density at radius 2 is 2.13 bits per heavy atom. The first kappa shape index (κ1) is 16.6. The van der Waals surface area contributed by atoms with Crippen LogP contribution < -0.4 is 5.32 Å². The summed E-state index contributed by atoms with van der Waals surface area (Å²) in [6, 6.07) is 4.70. The highest BCUT2D eigenvalue weighted by Crippen LogP contribution is 2.37. The molecule has 3 rings (SSSR count). The molecule has 1 amide bonds. The third-order valence-corrected chi connectivity index (χ3v) is 5.48. The number of furan rings is 1. The molecule has 1 aromatic heterocycles. The predicted octanol–water partition coefficient (Wildman–Crippen LogP) is 3.53. The van der Waals surface area contributed by atoms with Gasteiger partial charge in [0.25, 0.3) is 0 Å². The molecule has 4 atom stereocenters. The first-order valence-corrected chi connectivity index (χ1v) is 9.21. The lowest BCUT2D eigenvalue weighted by atomic mass is 9.87. The normalized spacial score (nSPS) is 32.0. The van der Waals surface area contributed by atoms with Gasteiger partial charge in [0, 0.05) is 24.9 Å². The monoisotopic (exact) mass is 318 g/mol. The van der Waals surface area contributed by atoms with Crippen LogP contribution in [0.15, 0.2) is 16.5 Å². The fourth-order valence-electron chi connectivity index (χ4n) is 4.03. The first-order valence-electron chi connectivity index (χ1n) is 9.21. The molecule has 2 unspecified atom stereocenters. The third-order valence-electron chi connectivity index (χ3n) is 5.48. The maximum atomic E-state index is 13.1. The van der Waals surface area contributed by atoms with E-state index in [1.54, 1.807) is 0 Å². The highest BCUT2D eigenvalue weighted by atomic mass is 16.3. The van der Waals surface area contributed by atoms with Gasteiger partial charge in [0.2, 0.25) is 5.91 Å². The van der Waals surface area contributed by atoms with Crippen LogP contribution >= 0.6 is 0 Å². The Labute approximate surface area is 139 Å². The van der Waals surface area contributed by atoms with Crippen molar-refractivity contribution in [1.29, 1.82) is 0 Å². The topological polar surface area (TPSA) is 45.5 Å². The SMILES string of the molecule is CCc1ccc(C2CC(C)CCN2C(=O)[C@H]2CCN[C@@H](C)C2)o1. The van der Waals surface area contributed by atoms with Crippen molar-refractivity contribution in [1.82, 2.24) is 10.2 Å².